The number of likely N-dealkylation sites (tertiary alicyclic amines) is 2. The number of fused-ring (bicyclic) bond motifs is 3. The van der Waals surface area contributed by atoms with Crippen LogP contribution in [0, 0.1) is 5.92 Å². The first-order chi connectivity index (χ1) is 22.4. The molecule has 3 aromatic carbocycles. The van der Waals surface area contributed by atoms with Crippen LogP contribution in [-0.2, 0) is 28.9 Å². The first-order valence-corrected chi connectivity index (χ1v) is 16.1. The molecule has 2 aliphatic heterocycles. The second-order valence-corrected chi connectivity index (χ2v) is 12.7. The highest BCUT2D eigenvalue weighted by Gasteiger charge is 2.64. The highest BCUT2D eigenvalue weighted by Crippen LogP contribution is 2.55. The van der Waals surface area contributed by atoms with E-state index in [1.807, 2.05) is 71.6 Å². The number of carbonyl (C=O) groups is 3. The number of ether oxygens (including phenoxy) is 2. The van der Waals surface area contributed by atoms with Gasteiger partial charge in [-0.25, -0.2) is 4.79 Å². The lowest BCUT2D eigenvalue weighted by Gasteiger charge is -2.40. The monoisotopic (exact) mass is 617 g/mol. The molecule has 0 N–H and O–H groups in total. The Balaban J connectivity index is 1.39. The van der Waals surface area contributed by atoms with Crippen LogP contribution >= 0.6 is 0 Å². The first-order valence-electron chi connectivity index (χ1n) is 16.1. The molecule has 0 radical (unpaired) electrons. The molecule has 2 saturated heterocycles. The maximum atomic E-state index is 14.4. The zero-order valence-corrected chi connectivity index (χ0v) is 26.4. The lowest BCUT2D eigenvalue weighted by molar-refractivity contribution is -0.153. The van der Waals surface area contributed by atoms with Crippen molar-refractivity contribution >= 4 is 17.8 Å². The predicted octanol–water partition coefficient (Wildman–Crippen LogP) is 5.35. The molecule has 8 heteroatoms. The van der Waals surface area contributed by atoms with Crippen LogP contribution in [0.15, 0.2) is 91.0 Å². The lowest BCUT2D eigenvalue weighted by atomic mass is 9.75. The smallest absolute Gasteiger partial charge is 0.332 e. The Kier molecular flexibility index (Phi) is 7.89. The van der Waals surface area contributed by atoms with Crippen molar-refractivity contribution in [2.45, 2.75) is 43.7 Å². The molecule has 2 fully saturated rings. The average molecular weight is 618 g/mol. The first kappa shape index (κ1) is 29.8. The molecule has 1 aromatic heterocycles. The Labute approximate surface area is 269 Å². The fraction of sp³-hybridized carbons (Fsp3) is 0.342. The van der Waals surface area contributed by atoms with Gasteiger partial charge in [0.05, 0.1) is 14.2 Å². The number of hydrogen-bond acceptors (Lipinski definition) is 5. The number of hydrogen-bond donors (Lipinski definition) is 0. The summed E-state index contributed by atoms with van der Waals surface area (Å²) in [5.41, 5.74) is 3.87. The molecule has 0 saturated carbocycles. The molecular formula is C38H39N3O5. The summed E-state index contributed by atoms with van der Waals surface area (Å²) in [5.74, 6) is -0.291. The molecule has 4 aromatic rings. The molecule has 7 rings (SSSR count). The van der Waals surface area contributed by atoms with Crippen molar-refractivity contribution in [3.63, 3.8) is 0 Å². The topological polar surface area (TPSA) is 81.1 Å². The Morgan fingerprint density at radius 2 is 1.50 bits per heavy atom. The van der Waals surface area contributed by atoms with E-state index in [-0.39, 0.29) is 30.1 Å². The van der Waals surface area contributed by atoms with Crippen LogP contribution in [0.4, 0.5) is 0 Å². The highest BCUT2D eigenvalue weighted by atomic mass is 16.5. The Morgan fingerprint density at radius 3 is 2.15 bits per heavy atom. The number of rotatable bonds is 8. The van der Waals surface area contributed by atoms with Crippen LogP contribution in [0.2, 0.25) is 0 Å². The van der Waals surface area contributed by atoms with Gasteiger partial charge in [0.25, 0.3) is 11.8 Å². The van der Waals surface area contributed by atoms with Crippen molar-refractivity contribution in [2.24, 2.45) is 5.92 Å². The third-order valence-electron chi connectivity index (χ3n) is 10.2. The number of carbonyl (C=O) groups excluding carboxylic acids is 3. The van der Waals surface area contributed by atoms with Gasteiger partial charge in [-0.05, 0) is 72.2 Å². The molecule has 46 heavy (non-hydrogen) atoms. The van der Waals surface area contributed by atoms with E-state index in [0.29, 0.717) is 36.5 Å². The van der Waals surface area contributed by atoms with Gasteiger partial charge >= 0.3 is 5.97 Å². The van der Waals surface area contributed by atoms with Gasteiger partial charge in [0.1, 0.15) is 11.4 Å². The lowest BCUT2D eigenvalue weighted by Crippen LogP contribution is -2.58. The molecule has 0 spiro atoms. The maximum absolute atomic E-state index is 14.4. The minimum absolute atomic E-state index is 0.0204. The predicted molar refractivity (Wildman–Crippen MR) is 174 cm³/mol. The number of methoxy groups -OCH3 is 2. The molecule has 236 valence electrons. The summed E-state index contributed by atoms with van der Waals surface area (Å²) >= 11 is 0. The van der Waals surface area contributed by atoms with Crippen LogP contribution in [-0.4, -0.2) is 71.5 Å². The Morgan fingerprint density at radius 1 is 0.826 bits per heavy atom. The number of nitrogens with zero attached hydrogens (tertiary/aromatic N) is 3. The van der Waals surface area contributed by atoms with Crippen LogP contribution in [0.25, 0.3) is 0 Å². The molecular weight excluding hydrogens is 578 g/mol. The molecule has 0 unspecified atom stereocenters. The number of benzene rings is 3. The van der Waals surface area contributed by atoms with E-state index < -0.39 is 11.5 Å². The second kappa shape index (κ2) is 12.2. The molecule has 0 bridgehead atoms. The molecule has 2 amide bonds. The van der Waals surface area contributed by atoms with Gasteiger partial charge in [-0.15, -0.1) is 0 Å². The summed E-state index contributed by atoms with van der Waals surface area (Å²) in [6.07, 6.45) is 2.92. The van der Waals surface area contributed by atoms with E-state index in [1.54, 1.807) is 24.1 Å². The average Bonchev–Trinajstić information content (AvgIpc) is 3.89. The van der Waals surface area contributed by atoms with Crippen molar-refractivity contribution in [2.75, 3.05) is 33.9 Å². The van der Waals surface area contributed by atoms with Crippen molar-refractivity contribution in [1.82, 2.24) is 14.4 Å². The highest BCUT2D eigenvalue weighted by molar-refractivity contribution is 6.00. The largest absolute Gasteiger partial charge is 0.497 e. The minimum Gasteiger partial charge on any atom is -0.497 e. The zero-order valence-electron chi connectivity index (χ0n) is 26.4. The van der Waals surface area contributed by atoms with Gasteiger partial charge in [-0.2, -0.15) is 0 Å². The van der Waals surface area contributed by atoms with Gasteiger partial charge in [-0.1, -0.05) is 60.7 Å². The van der Waals surface area contributed by atoms with Crippen molar-refractivity contribution in [1.29, 1.82) is 0 Å². The Hall–Kier alpha value is -4.85. The van der Waals surface area contributed by atoms with E-state index >= 15 is 0 Å². The van der Waals surface area contributed by atoms with E-state index in [2.05, 4.69) is 16.7 Å². The number of amides is 2. The Bertz CT molecular complexity index is 1740. The number of esters is 1. The molecule has 3 aliphatic rings. The molecule has 1 aliphatic carbocycles. The van der Waals surface area contributed by atoms with Crippen LogP contribution < -0.4 is 4.74 Å². The number of aromatic nitrogens is 1. The fourth-order valence-electron chi connectivity index (χ4n) is 8.06. The maximum Gasteiger partial charge on any atom is 0.332 e. The quantitative estimate of drug-likeness (QED) is 0.249. The summed E-state index contributed by atoms with van der Waals surface area (Å²) in [6.45, 7) is 2.45. The van der Waals surface area contributed by atoms with E-state index in [9.17, 15) is 14.4 Å². The molecule has 3 atom stereocenters. The fourth-order valence-corrected chi connectivity index (χ4v) is 8.06. The normalized spacial score (nSPS) is 21.6. The van der Waals surface area contributed by atoms with Gasteiger partial charge in [-0.3, -0.25) is 9.59 Å². The van der Waals surface area contributed by atoms with E-state index in [1.165, 1.54) is 7.11 Å². The third kappa shape index (κ3) is 4.96. The third-order valence-corrected chi connectivity index (χ3v) is 10.2. The van der Waals surface area contributed by atoms with Gasteiger partial charge in [0, 0.05) is 49.8 Å². The van der Waals surface area contributed by atoms with Crippen LogP contribution in [0.5, 0.6) is 5.75 Å². The minimum atomic E-state index is -1.32. The van der Waals surface area contributed by atoms with Gasteiger partial charge in [0.2, 0.25) is 0 Å². The molecule has 3 heterocycles. The van der Waals surface area contributed by atoms with Crippen molar-refractivity contribution < 1.29 is 23.9 Å². The van der Waals surface area contributed by atoms with Crippen molar-refractivity contribution in [3.05, 3.63) is 125 Å². The summed E-state index contributed by atoms with van der Waals surface area (Å²) in [5, 5.41) is 0. The van der Waals surface area contributed by atoms with Crippen LogP contribution in [0.3, 0.4) is 0 Å². The van der Waals surface area contributed by atoms with Gasteiger partial charge in [0.15, 0.2) is 5.54 Å². The van der Waals surface area contributed by atoms with Gasteiger partial charge < -0.3 is 23.8 Å². The van der Waals surface area contributed by atoms with E-state index in [4.69, 9.17) is 9.47 Å². The van der Waals surface area contributed by atoms with Crippen LogP contribution in [0.1, 0.15) is 62.0 Å². The standard InChI is InChI=1S/C38H39N3O5/c1-45-30-17-15-26(16-18-30)23-38(37(44)46-2)34-29(25-41(38)35(42)28-13-7-4-8-14-28)21-32-31(34)22-33(36(43)39-19-9-10-20-39)40(32)24-27-11-5-3-6-12-27/h3-8,11-18,22,29,34H,9-10,19-21,23-25H2,1-2H3/t29-,34+,38+/m0/s1. The summed E-state index contributed by atoms with van der Waals surface area (Å²) in [6, 6.07) is 29.0. The van der Waals surface area contributed by atoms with Crippen molar-refractivity contribution in [3.8, 4) is 5.75 Å². The second-order valence-electron chi connectivity index (χ2n) is 12.7. The molecule has 8 nitrogen and oxygen atoms in total. The SMILES string of the molecule is COC(=O)[C@@]1(Cc2ccc(OC)cc2)[C@H]2c3cc(C(=O)N4CCCC4)n(Cc4ccccc4)c3C[C@H]2CN1C(=O)c1ccccc1. The summed E-state index contributed by atoms with van der Waals surface area (Å²) in [4.78, 5) is 46.5. The van der Waals surface area contributed by atoms with E-state index in [0.717, 1.165) is 48.3 Å². The summed E-state index contributed by atoms with van der Waals surface area (Å²) < 4.78 is 13.2. The summed E-state index contributed by atoms with van der Waals surface area (Å²) in [7, 11) is 3.02. The zero-order chi connectivity index (χ0) is 31.8.